The maximum Gasteiger partial charge on any atom is 0.339 e. The Hall–Kier alpha value is -2.87. The lowest BCUT2D eigenvalue weighted by atomic mass is 10.1. The molecule has 0 bridgehead atoms. The van der Waals surface area contributed by atoms with Gasteiger partial charge in [-0.3, -0.25) is 9.36 Å². The number of nitrogens with zero attached hydrogens (tertiary/aromatic N) is 3. The van der Waals surface area contributed by atoms with Crippen molar-refractivity contribution in [3.63, 3.8) is 0 Å². The van der Waals surface area contributed by atoms with Crippen molar-refractivity contribution < 1.29 is 14.3 Å². The summed E-state index contributed by atoms with van der Waals surface area (Å²) in [5.41, 5.74) is 4.13. The number of H-pyrrole nitrogens is 1. The molecule has 3 rings (SSSR count). The van der Waals surface area contributed by atoms with Crippen LogP contribution in [0.2, 0.25) is 0 Å². The second-order valence-corrected chi connectivity index (χ2v) is 8.25. The fraction of sp³-hybridized carbons (Fsp3) is 0.333. The highest BCUT2D eigenvalue weighted by Gasteiger charge is 2.27. The van der Waals surface area contributed by atoms with E-state index in [1.54, 1.807) is 13.8 Å². The van der Waals surface area contributed by atoms with E-state index in [9.17, 15) is 9.59 Å². The Morgan fingerprint density at radius 1 is 1.17 bits per heavy atom. The molecule has 7 nitrogen and oxygen atoms in total. The molecular formula is C21H24N4O3S. The van der Waals surface area contributed by atoms with Crippen LogP contribution in [0.4, 0.5) is 0 Å². The highest BCUT2D eigenvalue weighted by Crippen LogP contribution is 2.29. The standard InChI is InChI=1S/C21H24N4O3S/c1-11-8-7-9-16(10-11)25-15(5)23-24-21(25)29-14(4)19(26)18-12(2)17(13(3)22-18)20(27)28-6/h7-10,14,22H,1-6H3. The van der Waals surface area contributed by atoms with Crippen LogP contribution in [-0.4, -0.2) is 43.9 Å². The van der Waals surface area contributed by atoms with Crippen LogP contribution in [-0.2, 0) is 4.74 Å². The van der Waals surface area contributed by atoms with Gasteiger partial charge in [0.2, 0.25) is 0 Å². The zero-order chi connectivity index (χ0) is 21.3. The lowest BCUT2D eigenvalue weighted by molar-refractivity contribution is 0.0599. The number of methoxy groups -OCH3 is 1. The Balaban J connectivity index is 1.90. The fourth-order valence-electron chi connectivity index (χ4n) is 3.30. The third-order valence-corrected chi connectivity index (χ3v) is 5.82. The summed E-state index contributed by atoms with van der Waals surface area (Å²) >= 11 is 1.34. The van der Waals surface area contributed by atoms with Crippen molar-refractivity contribution in [2.45, 2.75) is 45.0 Å². The summed E-state index contributed by atoms with van der Waals surface area (Å²) in [4.78, 5) is 28.1. The molecule has 2 aromatic heterocycles. The van der Waals surface area contributed by atoms with Gasteiger partial charge in [-0.25, -0.2) is 4.79 Å². The zero-order valence-electron chi connectivity index (χ0n) is 17.4. The molecule has 2 heterocycles. The number of thioether (sulfide) groups is 1. The van der Waals surface area contributed by atoms with E-state index in [1.807, 2.05) is 49.6 Å². The third-order valence-electron chi connectivity index (χ3n) is 4.78. The number of ether oxygens (including phenoxy) is 1. The SMILES string of the molecule is COC(=O)c1c(C)[nH]c(C(=O)C(C)Sc2nnc(C)n2-c2cccc(C)c2)c1C. The first-order valence-corrected chi connectivity index (χ1v) is 10.1. The van der Waals surface area contributed by atoms with E-state index in [1.165, 1.54) is 18.9 Å². The summed E-state index contributed by atoms with van der Waals surface area (Å²) in [6.45, 7) is 9.24. The van der Waals surface area contributed by atoms with Gasteiger partial charge < -0.3 is 9.72 Å². The fourth-order valence-corrected chi connectivity index (χ4v) is 4.28. The maximum atomic E-state index is 13.1. The topological polar surface area (TPSA) is 89.9 Å². The van der Waals surface area contributed by atoms with Gasteiger partial charge in [0.15, 0.2) is 10.9 Å². The van der Waals surface area contributed by atoms with E-state index >= 15 is 0 Å². The van der Waals surface area contributed by atoms with Crippen LogP contribution in [0.5, 0.6) is 0 Å². The molecule has 1 unspecified atom stereocenters. The van der Waals surface area contributed by atoms with Crippen molar-refractivity contribution in [2.75, 3.05) is 7.11 Å². The van der Waals surface area contributed by atoms with Gasteiger partial charge in [0.05, 0.1) is 23.6 Å². The number of benzene rings is 1. The number of hydrogen-bond acceptors (Lipinski definition) is 6. The Bertz CT molecular complexity index is 1080. The van der Waals surface area contributed by atoms with E-state index in [0.717, 1.165) is 17.1 Å². The number of ketones is 1. The first-order valence-electron chi connectivity index (χ1n) is 9.22. The van der Waals surface area contributed by atoms with Gasteiger partial charge in [-0.15, -0.1) is 10.2 Å². The number of hydrogen-bond donors (Lipinski definition) is 1. The number of aromatic amines is 1. The summed E-state index contributed by atoms with van der Waals surface area (Å²) in [6.07, 6.45) is 0. The number of carbonyl (C=O) groups is 2. The van der Waals surface area contributed by atoms with E-state index in [2.05, 4.69) is 15.2 Å². The molecule has 0 radical (unpaired) electrons. The van der Waals surface area contributed by atoms with E-state index in [0.29, 0.717) is 27.7 Å². The number of aryl methyl sites for hydroxylation is 3. The number of rotatable bonds is 6. The lowest BCUT2D eigenvalue weighted by Gasteiger charge is -2.12. The largest absolute Gasteiger partial charge is 0.465 e. The van der Waals surface area contributed by atoms with Crippen molar-refractivity contribution >= 4 is 23.5 Å². The van der Waals surface area contributed by atoms with Crippen molar-refractivity contribution in [1.29, 1.82) is 0 Å². The van der Waals surface area contributed by atoms with Gasteiger partial charge >= 0.3 is 5.97 Å². The summed E-state index contributed by atoms with van der Waals surface area (Å²) < 4.78 is 6.77. The molecule has 0 fully saturated rings. The Morgan fingerprint density at radius 3 is 2.55 bits per heavy atom. The lowest BCUT2D eigenvalue weighted by Crippen LogP contribution is -2.16. The predicted molar refractivity (Wildman–Crippen MR) is 112 cm³/mol. The highest BCUT2D eigenvalue weighted by molar-refractivity contribution is 8.00. The molecule has 0 saturated carbocycles. The van der Waals surface area contributed by atoms with Gasteiger partial charge in [-0.05, 0) is 57.9 Å². The molecule has 29 heavy (non-hydrogen) atoms. The molecule has 0 aliphatic rings. The molecule has 0 aliphatic heterocycles. The minimum atomic E-state index is -0.453. The van der Waals surface area contributed by atoms with Crippen molar-refractivity contribution in [3.05, 3.63) is 58.2 Å². The van der Waals surface area contributed by atoms with Gasteiger partial charge in [0.25, 0.3) is 0 Å². The van der Waals surface area contributed by atoms with Gasteiger partial charge in [0, 0.05) is 11.4 Å². The van der Waals surface area contributed by atoms with Crippen LogP contribution < -0.4 is 0 Å². The minimum absolute atomic E-state index is 0.109. The Labute approximate surface area is 173 Å². The highest BCUT2D eigenvalue weighted by atomic mass is 32.2. The van der Waals surface area contributed by atoms with Crippen LogP contribution in [0.15, 0.2) is 29.4 Å². The average Bonchev–Trinajstić information content (AvgIpc) is 3.19. The second kappa shape index (κ2) is 8.24. The van der Waals surface area contributed by atoms with Crippen LogP contribution in [0.25, 0.3) is 5.69 Å². The van der Waals surface area contributed by atoms with Crippen LogP contribution in [0.3, 0.4) is 0 Å². The summed E-state index contributed by atoms with van der Waals surface area (Å²) in [5, 5.41) is 8.67. The van der Waals surface area contributed by atoms with Crippen LogP contribution in [0.1, 0.15) is 50.4 Å². The molecule has 3 aromatic rings. The first-order chi connectivity index (χ1) is 13.7. The molecule has 0 spiro atoms. The molecule has 8 heteroatoms. The normalized spacial score (nSPS) is 12.1. The van der Waals surface area contributed by atoms with Gasteiger partial charge in [-0.2, -0.15) is 0 Å². The number of esters is 1. The summed E-state index contributed by atoms with van der Waals surface area (Å²) in [7, 11) is 1.33. The summed E-state index contributed by atoms with van der Waals surface area (Å²) in [5.74, 6) is 0.185. The smallest absolute Gasteiger partial charge is 0.339 e. The number of carbonyl (C=O) groups excluding carboxylic acids is 2. The minimum Gasteiger partial charge on any atom is -0.465 e. The zero-order valence-corrected chi connectivity index (χ0v) is 18.2. The molecule has 1 atom stereocenters. The van der Waals surface area contributed by atoms with E-state index < -0.39 is 11.2 Å². The predicted octanol–water partition coefficient (Wildman–Crippen LogP) is 3.98. The third kappa shape index (κ3) is 3.98. The monoisotopic (exact) mass is 412 g/mol. The number of nitrogens with one attached hydrogen (secondary N) is 1. The number of Topliss-reactive ketones (excluding diaryl/α,β-unsaturated/α-hetero) is 1. The summed E-state index contributed by atoms with van der Waals surface area (Å²) in [6, 6.07) is 8.04. The Morgan fingerprint density at radius 2 is 1.90 bits per heavy atom. The molecule has 1 aromatic carbocycles. The van der Waals surface area contributed by atoms with Crippen LogP contribution >= 0.6 is 11.8 Å². The van der Waals surface area contributed by atoms with Gasteiger partial charge in [-0.1, -0.05) is 23.9 Å². The van der Waals surface area contributed by atoms with Crippen LogP contribution in [0, 0.1) is 27.7 Å². The first kappa shape index (κ1) is 20.9. The van der Waals surface area contributed by atoms with E-state index in [-0.39, 0.29) is 5.78 Å². The molecule has 0 amide bonds. The molecule has 152 valence electrons. The second-order valence-electron chi connectivity index (χ2n) is 6.95. The van der Waals surface area contributed by atoms with Crippen molar-refractivity contribution in [1.82, 2.24) is 19.7 Å². The molecule has 0 aliphatic carbocycles. The molecule has 0 saturated heterocycles. The van der Waals surface area contributed by atoms with Gasteiger partial charge in [0.1, 0.15) is 5.82 Å². The number of aromatic nitrogens is 4. The van der Waals surface area contributed by atoms with E-state index in [4.69, 9.17) is 4.74 Å². The van der Waals surface area contributed by atoms with Crippen molar-refractivity contribution in [3.8, 4) is 5.69 Å². The average molecular weight is 413 g/mol. The Kier molecular flexibility index (Phi) is 5.93. The maximum absolute atomic E-state index is 13.1. The van der Waals surface area contributed by atoms with Crippen molar-refractivity contribution in [2.24, 2.45) is 0 Å². The quantitative estimate of drug-likeness (QED) is 0.374. The molecular weight excluding hydrogens is 388 g/mol. The molecule has 1 N–H and O–H groups in total.